The van der Waals surface area contributed by atoms with Gasteiger partial charge in [-0.05, 0) is 23.6 Å². The lowest BCUT2D eigenvalue weighted by Crippen LogP contribution is -2.03. The minimum absolute atomic E-state index is 0.404. The summed E-state index contributed by atoms with van der Waals surface area (Å²) in [6, 6.07) is 6.06. The second-order valence-electron chi connectivity index (χ2n) is 5.04. The average Bonchev–Trinajstić information content (AvgIpc) is 2.91. The Bertz CT molecular complexity index is 703. The van der Waals surface area contributed by atoms with Crippen molar-refractivity contribution in [1.29, 1.82) is 0 Å². The molecule has 5 heteroatoms. The highest BCUT2D eigenvalue weighted by molar-refractivity contribution is 5.67. The molecule has 0 amide bonds. The fourth-order valence-electron chi connectivity index (χ4n) is 2.05. The number of rotatable bonds is 4. The molecule has 0 unspecified atom stereocenters. The second-order valence-corrected chi connectivity index (χ2v) is 5.04. The highest BCUT2D eigenvalue weighted by atomic mass is 15.2. The Morgan fingerprint density at radius 3 is 2.95 bits per heavy atom. The van der Waals surface area contributed by atoms with E-state index in [0.29, 0.717) is 12.5 Å². The Balaban J connectivity index is 1.87. The van der Waals surface area contributed by atoms with Crippen molar-refractivity contribution in [2.45, 2.75) is 26.3 Å². The minimum Gasteiger partial charge on any atom is -0.364 e. The van der Waals surface area contributed by atoms with E-state index >= 15 is 0 Å². The van der Waals surface area contributed by atoms with E-state index in [9.17, 15) is 0 Å². The molecule has 0 radical (unpaired) electrons. The van der Waals surface area contributed by atoms with E-state index in [4.69, 9.17) is 0 Å². The van der Waals surface area contributed by atoms with Gasteiger partial charge in [0, 0.05) is 31.3 Å². The van der Waals surface area contributed by atoms with Gasteiger partial charge >= 0.3 is 0 Å². The van der Waals surface area contributed by atoms with Crippen LogP contribution in [-0.4, -0.2) is 19.6 Å². The molecule has 102 valence electrons. The van der Waals surface area contributed by atoms with Crippen molar-refractivity contribution in [2.75, 3.05) is 5.32 Å². The Hall–Kier alpha value is -2.43. The number of anilines is 1. The number of nitrogens with zero attached hydrogens (tertiary/aromatic N) is 4. The van der Waals surface area contributed by atoms with Crippen LogP contribution in [0.15, 0.2) is 43.0 Å². The normalized spacial score (nSPS) is 11.2. The third-order valence-corrected chi connectivity index (χ3v) is 3.18. The number of hydrogen-bond donors (Lipinski definition) is 1. The van der Waals surface area contributed by atoms with Crippen LogP contribution in [0.2, 0.25) is 0 Å². The smallest absolute Gasteiger partial charge is 0.152 e. The van der Waals surface area contributed by atoms with E-state index in [1.807, 2.05) is 29.0 Å². The van der Waals surface area contributed by atoms with Crippen LogP contribution in [0.25, 0.3) is 5.52 Å². The largest absolute Gasteiger partial charge is 0.364 e. The van der Waals surface area contributed by atoms with Gasteiger partial charge in [-0.3, -0.25) is 4.98 Å². The van der Waals surface area contributed by atoms with Crippen LogP contribution in [-0.2, 0) is 6.54 Å². The Morgan fingerprint density at radius 2 is 2.20 bits per heavy atom. The van der Waals surface area contributed by atoms with Gasteiger partial charge in [0.25, 0.3) is 0 Å². The van der Waals surface area contributed by atoms with Gasteiger partial charge in [-0.2, -0.15) is 5.10 Å². The van der Waals surface area contributed by atoms with Gasteiger partial charge < -0.3 is 5.32 Å². The summed E-state index contributed by atoms with van der Waals surface area (Å²) < 4.78 is 1.87. The number of aromatic nitrogens is 4. The molecule has 0 saturated heterocycles. The molecule has 3 aromatic heterocycles. The molecule has 0 aromatic carbocycles. The first-order valence-corrected chi connectivity index (χ1v) is 6.71. The van der Waals surface area contributed by atoms with Crippen molar-refractivity contribution in [3.8, 4) is 0 Å². The molecular weight excluding hydrogens is 250 g/mol. The first-order chi connectivity index (χ1) is 9.74. The molecule has 3 aromatic rings. The Labute approximate surface area is 117 Å². The zero-order valence-corrected chi connectivity index (χ0v) is 11.6. The fourth-order valence-corrected chi connectivity index (χ4v) is 2.05. The van der Waals surface area contributed by atoms with E-state index in [0.717, 1.165) is 22.6 Å². The zero-order valence-electron chi connectivity index (χ0n) is 11.6. The highest BCUT2D eigenvalue weighted by Crippen LogP contribution is 2.20. The second kappa shape index (κ2) is 5.28. The summed E-state index contributed by atoms with van der Waals surface area (Å²) in [5, 5.41) is 7.90. The van der Waals surface area contributed by atoms with Crippen LogP contribution >= 0.6 is 0 Å². The van der Waals surface area contributed by atoms with Crippen molar-refractivity contribution in [1.82, 2.24) is 19.6 Å². The third kappa shape index (κ3) is 2.47. The van der Waals surface area contributed by atoms with Crippen molar-refractivity contribution >= 4 is 11.3 Å². The van der Waals surface area contributed by atoms with E-state index in [-0.39, 0.29) is 0 Å². The molecule has 20 heavy (non-hydrogen) atoms. The van der Waals surface area contributed by atoms with E-state index in [1.165, 1.54) is 0 Å². The van der Waals surface area contributed by atoms with E-state index in [1.54, 1.807) is 12.4 Å². The Morgan fingerprint density at radius 1 is 1.30 bits per heavy atom. The maximum absolute atomic E-state index is 4.55. The summed E-state index contributed by atoms with van der Waals surface area (Å²) in [5.74, 6) is 1.25. The lowest BCUT2D eigenvalue weighted by Gasteiger charge is -2.06. The third-order valence-electron chi connectivity index (χ3n) is 3.18. The predicted octanol–water partition coefficient (Wildman–Crippen LogP) is 2.86. The molecule has 1 N–H and O–H groups in total. The minimum atomic E-state index is 0.404. The summed E-state index contributed by atoms with van der Waals surface area (Å²) in [7, 11) is 0. The number of pyridine rings is 1. The molecule has 0 aliphatic heterocycles. The summed E-state index contributed by atoms with van der Waals surface area (Å²) in [6.45, 7) is 4.97. The molecule has 0 spiro atoms. The van der Waals surface area contributed by atoms with Gasteiger partial charge in [0.2, 0.25) is 0 Å². The molecule has 0 aliphatic carbocycles. The van der Waals surface area contributed by atoms with Gasteiger partial charge in [0.05, 0.1) is 5.69 Å². The summed E-state index contributed by atoms with van der Waals surface area (Å²) in [4.78, 5) is 8.51. The SMILES string of the molecule is CC(C)c1cc2c(NCc3cccnc3)nccn2n1. The summed E-state index contributed by atoms with van der Waals surface area (Å²) in [5.41, 5.74) is 3.20. The first-order valence-electron chi connectivity index (χ1n) is 6.71. The average molecular weight is 267 g/mol. The van der Waals surface area contributed by atoms with Crippen LogP contribution in [0.1, 0.15) is 31.0 Å². The van der Waals surface area contributed by atoms with Crippen molar-refractivity contribution in [3.05, 3.63) is 54.2 Å². The molecular formula is C15H17N5. The zero-order chi connectivity index (χ0) is 13.9. The van der Waals surface area contributed by atoms with Crippen LogP contribution in [0.4, 0.5) is 5.82 Å². The number of hydrogen-bond acceptors (Lipinski definition) is 4. The lowest BCUT2D eigenvalue weighted by molar-refractivity contribution is 0.787. The van der Waals surface area contributed by atoms with Crippen molar-refractivity contribution in [2.24, 2.45) is 0 Å². The lowest BCUT2D eigenvalue weighted by atomic mass is 10.1. The molecule has 3 rings (SSSR count). The van der Waals surface area contributed by atoms with Gasteiger partial charge in [0.15, 0.2) is 5.82 Å². The fraction of sp³-hybridized carbons (Fsp3) is 0.267. The van der Waals surface area contributed by atoms with Gasteiger partial charge in [-0.1, -0.05) is 19.9 Å². The molecule has 0 fully saturated rings. The number of nitrogens with one attached hydrogen (secondary N) is 1. The van der Waals surface area contributed by atoms with Gasteiger partial charge in [-0.15, -0.1) is 0 Å². The van der Waals surface area contributed by atoms with Crippen molar-refractivity contribution in [3.63, 3.8) is 0 Å². The molecule has 0 saturated carbocycles. The monoisotopic (exact) mass is 267 g/mol. The van der Waals surface area contributed by atoms with Gasteiger partial charge in [-0.25, -0.2) is 9.50 Å². The van der Waals surface area contributed by atoms with Crippen LogP contribution in [0.5, 0.6) is 0 Å². The van der Waals surface area contributed by atoms with Crippen molar-refractivity contribution < 1.29 is 0 Å². The maximum Gasteiger partial charge on any atom is 0.152 e. The maximum atomic E-state index is 4.55. The predicted molar refractivity (Wildman–Crippen MR) is 78.6 cm³/mol. The van der Waals surface area contributed by atoms with E-state index < -0.39 is 0 Å². The summed E-state index contributed by atoms with van der Waals surface area (Å²) >= 11 is 0. The molecule has 5 nitrogen and oxygen atoms in total. The molecule has 3 heterocycles. The van der Waals surface area contributed by atoms with Gasteiger partial charge in [0.1, 0.15) is 5.52 Å². The van der Waals surface area contributed by atoms with Crippen LogP contribution < -0.4 is 5.32 Å². The molecule has 0 aliphatic rings. The highest BCUT2D eigenvalue weighted by Gasteiger charge is 2.09. The van der Waals surface area contributed by atoms with E-state index in [2.05, 4.69) is 40.3 Å². The quantitative estimate of drug-likeness (QED) is 0.789. The number of fused-ring (bicyclic) bond motifs is 1. The first kappa shape index (κ1) is 12.6. The summed E-state index contributed by atoms with van der Waals surface area (Å²) in [6.07, 6.45) is 7.25. The topological polar surface area (TPSA) is 55.1 Å². The molecule has 0 bridgehead atoms. The molecule has 0 atom stereocenters. The standard InChI is InChI=1S/C15H17N5/c1-11(2)13-8-14-15(17-6-7-20(14)19-13)18-10-12-4-3-5-16-9-12/h3-9,11H,10H2,1-2H3,(H,17,18). The van der Waals surface area contributed by atoms with Crippen LogP contribution in [0.3, 0.4) is 0 Å². The van der Waals surface area contributed by atoms with Crippen LogP contribution in [0, 0.1) is 0 Å². The Kier molecular flexibility index (Phi) is 3.33.